The van der Waals surface area contributed by atoms with Crippen LogP contribution < -0.4 is 0 Å². The van der Waals surface area contributed by atoms with Gasteiger partial charge in [-0.2, -0.15) is 0 Å². The van der Waals surface area contributed by atoms with Gasteiger partial charge in [0.2, 0.25) is 0 Å². The fourth-order valence-corrected chi connectivity index (χ4v) is 2.05. The molecule has 2 rings (SSSR count). The van der Waals surface area contributed by atoms with E-state index in [0.717, 1.165) is 23.6 Å². The topological polar surface area (TPSA) is 23.5 Å². The first-order valence-corrected chi connectivity index (χ1v) is 5.26. The second kappa shape index (κ2) is 3.96. The number of benzene rings is 1. The summed E-state index contributed by atoms with van der Waals surface area (Å²) < 4.78 is 0. The zero-order valence-electron chi connectivity index (χ0n) is 7.94. The number of nitrogens with zero attached hydrogens (tertiary/aromatic N) is 1. The molecule has 0 bridgehead atoms. The van der Waals surface area contributed by atoms with Gasteiger partial charge in [-0.05, 0) is 25.0 Å². The second-order valence-corrected chi connectivity index (χ2v) is 3.94. The lowest BCUT2D eigenvalue weighted by Gasteiger charge is -2.18. The third-order valence-corrected chi connectivity index (χ3v) is 2.98. The first-order chi connectivity index (χ1) is 6.77. The lowest BCUT2D eigenvalue weighted by atomic mass is 10.2. The van der Waals surface area contributed by atoms with Crippen LogP contribution in [0.3, 0.4) is 0 Å². The van der Waals surface area contributed by atoms with Gasteiger partial charge in [0.1, 0.15) is 10.7 Å². The van der Waals surface area contributed by atoms with Gasteiger partial charge in [0.05, 0.1) is 0 Å². The van der Waals surface area contributed by atoms with Crippen molar-refractivity contribution in [1.82, 2.24) is 4.90 Å². The molecule has 1 N–H and O–H groups in total. The number of hydrogen-bond donors (Lipinski definition) is 1. The minimum atomic E-state index is 0.282. The van der Waals surface area contributed by atoms with Gasteiger partial charge in [-0.3, -0.25) is 0 Å². The number of aromatic hydroxyl groups is 1. The van der Waals surface area contributed by atoms with Gasteiger partial charge in [0.25, 0.3) is 0 Å². The van der Waals surface area contributed by atoms with Crippen LogP contribution in [-0.4, -0.2) is 28.1 Å². The monoisotopic (exact) mass is 207 g/mol. The van der Waals surface area contributed by atoms with E-state index >= 15 is 0 Å². The van der Waals surface area contributed by atoms with E-state index in [1.165, 1.54) is 12.8 Å². The van der Waals surface area contributed by atoms with E-state index in [1.54, 1.807) is 12.1 Å². The number of rotatable bonds is 1. The summed E-state index contributed by atoms with van der Waals surface area (Å²) in [7, 11) is 0. The van der Waals surface area contributed by atoms with Crippen molar-refractivity contribution in [3.63, 3.8) is 0 Å². The minimum absolute atomic E-state index is 0.282. The number of hydrogen-bond acceptors (Lipinski definition) is 2. The first-order valence-electron chi connectivity index (χ1n) is 4.86. The van der Waals surface area contributed by atoms with Crippen molar-refractivity contribution in [3.8, 4) is 5.75 Å². The van der Waals surface area contributed by atoms with Crippen LogP contribution in [0, 0.1) is 0 Å². The average Bonchev–Trinajstić information content (AvgIpc) is 2.69. The van der Waals surface area contributed by atoms with Gasteiger partial charge in [-0.15, -0.1) is 0 Å². The quantitative estimate of drug-likeness (QED) is 0.714. The molecule has 14 heavy (non-hydrogen) atoms. The molecule has 1 aromatic carbocycles. The van der Waals surface area contributed by atoms with E-state index < -0.39 is 0 Å². The van der Waals surface area contributed by atoms with Crippen LogP contribution in [0.5, 0.6) is 5.75 Å². The Morgan fingerprint density at radius 3 is 2.64 bits per heavy atom. The molecule has 0 aliphatic carbocycles. The van der Waals surface area contributed by atoms with E-state index in [-0.39, 0.29) is 5.75 Å². The maximum atomic E-state index is 9.33. The summed E-state index contributed by atoms with van der Waals surface area (Å²) in [6, 6.07) is 7.16. The smallest absolute Gasteiger partial charge is 0.116 e. The zero-order valence-corrected chi connectivity index (χ0v) is 8.76. The summed E-state index contributed by atoms with van der Waals surface area (Å²) in [5, 5.41) is 9.33. The van der Waals surface area contributed by atoms with Crippen LogP contribution in [0.4, 0.5) is 0 Å². The van der Waals surface area contributed by atoms with Crippen molar-refractivity contribution >= 4 is 17.2 Å². The number of likely N-dealkylation sites (tertiary alicyclic amines) is 1. The third kappa shape index (κ3) is 1.87. The summed E-state index contributed by atoms with van der Waals surface area (Å²) >= 11 is 5.35. The number of phenols is 1. The van der Waals surface area contributed by atoms with Crippen LogP contribution >= 0.6 is 12.2 Å². The molecule has 1 fully saturated rings. The highest BCUT2D eigenvalue weighted by molar-refractivity contribution is 7.80. The maximum Gasteiger partial charge on any atom is 0.116 e. The number of phenolic OH excluding ortho intramolecular Hbond substituents is 1. The van der Waals surface area contributed by atoms with Crippen molar-refractivity contribution < 1.29 is 5.11 Å². The highest BCUT2D eigenvalue weighted by Crippen LogP contribution is 2.17. The molecule has 0 aromatic heterocycles. The molecule has 74 valence electrons. The molecule has 0 saturated carbocycles. The maximum absolute atomic E-state index is 9.33. The highest BCUT2D eigenvalue weighted by atomic mass is 32.1. The Kier molecular flexibility index (Phi) is 2.68. The fourth-order valence-electron chi connectivity index (χ4n) is 1.74. The van der Waals surface area contributed by atoms with Gasteiger partial charge in [0.15, 0.2) is 0 Å². The van der Waals surface area contributed by atoms with E-state index in [9.17, 15) is 5.11 Å². The summed E-state index contributed by atoms with van der Waals surface area (Å²) in [4.78, 5) is 3.06. The van der Waals surface area contributed by atoms with Crippen molar-refractivity contribution in [2.75, 3.05) is 13.1 Å². The van der Waals surface area contributed by atoms with Crippen LogP contribution in [0.25, 0.3) is 0 Å². The summed E-state index contributed by atoms with van der Waals surface area (Å²) in [6.45, 7) is 2.10. The van der Waals surface area contributed by atoms with Crippen LogP contribution in [0.2, 0.25) is 0 Å². The molecule has 1 aliphatic heterocycles. The van der Waals surface area contributed by atoms with Gasteiger partial charge in [0, 0.05) is 18.7 Å². The molecule has 0 unspecified atom stereocenters. The van der Waals surface area contributed by atoms with Crippen LogP contribution in [-0.2, 0) is 0 Å². The summed E-state index contributed by atoms with van der Waals surface area (Å²) in [5.74, 6) is 0.282. The van der Waals surface area contributed by atoms with Crippen molar-refractivity contribution in [1.29, 1.82) is 0 Å². The summed E-state index contributed by atoms with van der Waals surface area (Å²) in [5.41, 5.74) is 0.946. The lowest BCUT2D eigenvalue weighted by Crippen LogP contribution is -2.26. The van der Waals surface area contributed by atoms with E-state index in [1.807, 2.05) is 12.1 Å². The van der Waals surface area contributed by atoms with Gasteiger partial charge < -0.3 is 10.0 Å². The molecular formula is C11H13NOS. The molecule has 1 saturated heterocycles. The molecule has 0 amide bonds. The Bertz CT molecular complexity index is 345. The summed E-state index contributed by atoms with van der Waals surface area (Å²) in [6.07, 6.45) is 2.44. The molecule has 2 nitrogen and oxygen atoms in total. The fraction of sp³-hybridized carbons (Fsp3) is 0.364. The van der Waals surface area contributed by atoms with Gasteiger partial charge in [-0.25, -0.2) is 0 Å². The Morgan fingerprint density at radius 1 is 1.29 bits per heavy atom. The third-order valence-electron chi connectivity index (χ3n) is 2.49. The Hall–Kier alpha value is -1.09. The standard InChI is InChI=1S/C11H13NOS/c13-10-5-3-4-9(8-10)11(14)12-6-1-2-7-12/h3-5,8,13H,1-2,6-7H2. The van der Waals surface area contributed by atoms with Gasteiger partial charge >= 0.3 is 0 Å². The zero-order chi connectivity index (χ0) is 9.97. The minimum Gasteiger partial charge on any atom is -0.508 e. The van der Waals surface area contributed by atoms with E-state index in [2.05, 4.69) is 4.90 Å². The predicted octanol–water partition coefficient (Wildman–Crippen LogP) is 2.16. The van der Waals surface area contributed by atoms with E-state index in [4.69, 9.17) is 12.2 Å². The molecule has 0 spiro atoms. The Labute approximate surface area is 89.2 Å². The molecule has 0 radical (unpaired) electrons. The number of thiocarbonyl (C=S) groups is 1. The predicted molar refractivity (Wildman–Crippen MR) is 60.6 cm³/mol. The molecule has 1 aromatic rings. The van der Waals surface area contributed by atoms with Gasteiger partial charge in [-0.1, -0.05) is 24.4 Å². The van der Waals surface area contributed by atoms with Crippen molar-refractivity contribution in [2.24, 2.45) is 0 Å². The highest BCUT2D eigenvalue weighted by Gasteiger charge is 2.15. The molecule has 1 heterocycles. The normalized spacial score (nSPS) is 15.9. The van der Waals surface area contributed by atoms with E-state index in [0.29, 0.717) is 0 Å². The van der Waals surface area contributed by atoms with Crippen molar-refractivity contribution in [2.45, 2.75) is 12.8 Å². The molecule has 0 atom stereocenters. The Morgan fingerprint density at radius 2 is 2.00 bits per heavy atom. The second-order valence-electron chi connectivity index (χ2n) is 3.55. The van der Waals surface area contributed by atoms with Crippen LogP contribution in [0.15, 0.2) is 24.3 Å². The SMILES string of the molecule is Oc1cccc(C(=S)N2CCCC2)c1. The average molecular weight is 207 g/mol. The molecule has 1 aliphatic rings. The first kappa shape index (κ1) is 9.46. The molecular weight excluding hydrogens is 194 g/mol. The molecule has 3 heteroatoms. The van der Waals surface area contributed by atoms with Crippen molar-refractivity contribution in [3.05, 3.63) is 29.8 Å². The lowest BCUT2D eigenvalue weighted by molar-refractivity contribution is 0.474. The Balaban J connectivity index is 2.17. The largest absolute Gasteiger partial charge is 0.508 e. The van der Waals surface area contributed by atoms with Crippen LogP contribution in [0.1, 0.15) is 18.4 Å².